The van der Waals surface area contributed by atoms with Gasteiger partial charge in [-0.1, -0.05) is 85.6 Å². The van der Waals surface area contributed by atoms with Crippen molar-refractivity contribution in [2.75, 3.05) is 13.2 Å². The standard InChI is InChI=1S/C31H35Cl2F2N3O3/c1-30(2,18-7-4-3-5-8-18)16-25-31(36,22-12-11-19(32)15-24(22)34)26(21-9-6-10-23(33)27(21)35)28(38-25)29(41)37-14-13-20(40)17-39/h3-12,15,20,25-26,28,38-40H,13-14,16-17,36H2,1-2H3,(H,37,41)/t20?,25-,26-,28+,31+/m0/s1. The van der Waals surface area contributed by atoms with E-state index in [1.165, 1.54) is 24.3 Å². The van der Waals surface area contributed by atoms with E-state index in [0.29, 0.717) is 6.42 Å². The Bertz CT molecular complexity index is 1380. The van der Waals surface area contributed by atoms with Gasteiger partial charge in [-0.2, -0.15) is 0 Å². The quantitative estimate of drug-likeness (QED) is 0.229. The lowest BCUT2D eigenvalue weighted by Crippen LogP contribution is -2.53. The Morgan fingerprint density at radius 3 is 2.49 bits per heavy atom. The minimum absolute atomic E-state index is 0.0521. The van der Waals surface area contributed by atoms with Crippen molar-refractivity contribution >= 4 is 29.1 Å². The van der Waals surface area contributed by atoms with Crippen LogP contribution >= 0.6 is 23.2 Å². The largest absolute Gasteiger partial charge is 0.394 e. The van der Waals surface area contributed by atoms with Crippen LogP contribution in [0, 0.1) is 11.6 Å². The van der Waals surface area contributed by atoms with Gasteiger partial charge in [0.05, 0.1) is 29.3 Å². The minimum Gasteiger partial charge on any atom is -0.394 e. The van der Waals surface area contributed by atoms with E-state index in [4.69, 9.17) is 34.0 Å². The van der Waals surface area contributed by atoms with Crippen molar-refractivity contribution < 1.29 is 23.8 Å². The molecule has 5 atom stereocenters. The van der Waals surface area contributed by atoms with Gasteiger partial charge in [-0.25, -0.2) is 8.78 Å². The van der Waals surface area contributed by atoms with E-state index in [9.17, 15) is 9.90 Å². The molecule has 0 bridgehead atoms. The Morgan fingerprint density at radius 1 is 1.12 bits per heavy atom. The van der Waals surface area contributed by atoms with Crippen LogP contribution in [0.1, 0.15) is 49.3 Å². The van der Waals surface area contributed by atoms with Crippen LogP contribution < -0.4 is 16.4 Å². The maximum Gasteiger partial charge on any atom is 0.237 e. The first-order valence-corrected chi connectivity index (χ1v) is 14.2. The molecule has 0 spiro atoms. The highest BCUT2D eigenvalue weighted by Gasteiger charge is 2.58. The number of aliphatic hydroxyl groups excluding tert-OH is 2. The normalized spacial score (nSPS) is 23.4. The Hall–Kier alpha value is -2.59. The second-order valence-electron chi connectivity index (χ2n) is 11.2. The zero-order valence-corrected chi connectivity index (χ0v) is 24.4. The summed E-state index contributed by atoms with van der Waals surface area (Å²) in [6.07, 6.45) is -0.541. The van der Waals surface area contributed by atoms with E-state index in [1.54, 1.807) is 6.07 Å². The van der Waals surface area contributed by atoms with Crippen molar-refractivity contribution in [1.29, 1.82) is 0 Å². The van der Waals surface area contributed by atoms with Crippen LogP contribution in [0.15, 0.2) is 66.7 Å². The second kappa shape index (κ2) is 12.7. The van der Waals surface area contributed by atoms with Crippen LogP contribution in [0.3, 0.4) is 0 Å². The molecular weight excluding hydrogens is 571 g/mol. The van der Waals surface area contributed by atoms with Crippen LogP contribution in [0.4, 0.5) is 8.78 Å². The molecule has 220 valence electrons. The molecule has 1 heterocycles. The number of amides is 1. The molecule has 3 aromatic carbocycles. The maximum atomic E-state index is 15.7. The molecule has 10 heteroatoms. The summed E-state index contributed by atoms with van der Waals surface area (Å²) in [5.41, 5.74) is 6.32. The molecule has 1 aliphatic heterocycles. The van der Waals surface area contributed by atoms with Gasteiger partial charge in [0.1, 0.15) is 11.6 Å². The number of hydrogen-bond donors (Lipinski definition) is 5. The van der Waals surface area contributed by atoms with Gasteiger partial charge in [-0.05, 0) is 47.6 Å². The van der Waals surface area contributed by atoms with Crippen LogP contribution in [-0.4, -0.2) is 47.5 Å². The van der Waals surface area contributed by atoms with Crippen LogP contribution in [0.25, 0.3) is 0 Å². The van der Waals surface area contributed by atoms with Gasteiger partial charge in [0.2, 0.25) is 5.91 Å². The highest BCUT2D eigenvalue weighted by molar-refractivity contribution is 6.31. The number of rotatable bonds is 10. The van der Waals surface area contributed by atoms with E-state index in [2.05, 4.69) is 10.6 Å². The summed E-state index contributed by atoms with van der Waals surface area (Å²) in [4.78, 5) is 13.7. The Kier molecular flexibility index (Phi) is 9.74. The van der Waals surface area contributed by atoms with Gasteiger partial charge >= 0.3 is 0 Å². The molecule has 1 aliphatic rings. The van der Waals surface area contributed by atoms with Crippen LogP contribution in [-0.2, 0) is 15.7 Å². The fourth-order valence-corrected chi connectivity index (χ4v) is 6.21. The number of halogens is 4. The molecule has 6 N–H and O–H groups in total. The molecule has 1 unspecified atom stereocenters. The van der Waals surface area contributed by atoms with Crippen molar-refractivity contribution in [3.8, 4) is 0 Å². The van der Waals surface area contributed by atoms with Gasteiger partial charge in [-0.15, -0.1) is 0 Å². The molecule has 0 aliphatic carbocycles. The van der Waals surface area contributed by atoms with Gasteiger partial charge < -0.3 is 26.6 Å². The molecular formula is C31H35Cl2F2N3O3. The summed E-state index contributed by atoms with van der Waals surface area (Å²) >= 11 is 12.3. The molecule has 3 aromatic rings. The fourth-order valence-electron chi connectivity index (χ4n) is 5.87. The summed E-state index contributed by atoms with van der Waals surface area (Å²) in [5.74, 6) is -3.02. The van der Waals surface area contributed by atoms with E-state index in [1.807, 2.05) is 44.2 Å². The van der Waals surface area contributed by atoms with Crippen molar-refractivity contribution in [2.45, 2.75) is 61.7 Å². The summed E-state index contributed by atoms with van der Waals surface area (Å²) < 4.78 is 31.5. The highest BCUT2D eigenvalue weighted by Crippen LogP contribution is 2.50. The van der Waals surface area contributed by atoms with Gasteiger partial charge in [0, 0.05) is 29.1 Å². The zero-order valence-electron chi connectivity index (χ0n) is 22.9. The molecule has 4 rings (SSSR count). The number of carbonyl (C=O) groups excluding carboxylic acids is 1. The molecule has 41 heavy (non-hydrogen) atoms. The first kappa shape index (κ1) is 31.3. The number of aliphatic hydroxyl groups is 2. The minimum atomic E-state index is -1.63. The van der Waals surface area contributed by atoms with Crippen molar-refractivity contribution in [2.24, 2.45) is 5.73 Å². The summed E-state index contributed by atoms with van der Waals surface area (Å²) in [7, 11) is 0. The van der Waals surface area contributed by atoms with Gasteiger partial charge in [-0.3, -0.25) is 4.79 Å². The van der Waals surface area contributed by atoms with E-state index in [0.717, 1.165) is 11.6 Å². The molecule has 6 nitrogen and oxygen atoms in total. The predicted molar refractivity (Wildman–Crippen MR) is 157 cm³/mol. The van der Waals surface area contributed by atoms with Gasteiger partial charge in [0.25, 0.3) is 0 Å². The fraction of sp³-hybridized carbons (Fsp3) is 0.387. The highest BCUT2D eigenvalue weighted by atomic mass is 35.5. The Labute approximate surface area is 248 Å². The number of nitrogens with one attached hydrogen (secondary N) is 2. The third-order valence-corrected chi connectivity index (χ3v) is 8.59. The lowest BCUT2D eigenvalue weighted by Gasteiger charge is -2.40. The summed E-state index contributed by atoms with van der Waals surface area (Å²) in [6, 6.07) is 16.5. The number of nitrogens with two attached hydrogens (primary N) is 1. The maximum absolute atomic E-state index is 15.7. The number of hydrogen-bond acceptors (Lipinski definition) is 5. The SMILES string of the molecule is CC(C)(C[C@@H]1N[C@@H](C(=O)NCCC(O)CO)[C@H](c2cccc(Cl)c2F)[C@@]1(N)c1ccc(Cl)cc1F)c1ccccc1. The van der Waals surface area contributed by atoms with Crippen LogP contribution in [0.2, 0.25) is 10.0 Å². The molecule has 1 saturated heterocycles. The smallest absolute Gasteiger partial charge is 0.237 e. The molecule has 1 amide bonds. The molecule has 0 radical (unpaired) electrons. The summed E-state index contributed by atoms with van der Waals surface area (Å²) in [5, 5.41) is 25.0. The monoisotopic (exact) mass is 605 g/mol. The van der Waals surface area contributed by atoms with E-state index >= 15 is 8.78 Å². The van der Waals surface area contributed by atoms with E-state index in [-0.39, 0.29) is 34.1 Å². The first-order valence-electron chi connectivity index (χ1n) is 13.5. The lowest BCUT2D eigenvalue weighted by molar-refractivity contribution is -0.123. The lowest BCUT2D eigenvalue weighted by atomic mass is 9.67. The predicted octanol–water partition coefficient (Wildman–Crippen LogP) is 4.78. The number of carbonyl (C=O) groups is 1. The average molecular weight is 607 g/mol. The van der Waals surface area contributed by atoms with E-state index < -0.39 is 59.2 Å². The van der Waals surface area contributed by atoms with Crippen molar-refractivity contribution in [1.82, 2.24) is 10.6 Å². The van der Waals surface area contributed by atoms with Gasteiger partial charge in [0.15, 0.2) is 0 Å². The third kappa shape index (κ3) is 6.43. The van der Waals surface area contributed by atoms with Crippen LogP contribution in [0.5, 0.6) is 0 Å². The Morgan fingerprint density at radius 2 is 1.83 bits per heavy atom. The first-order chi connectivity index (χ1) is 19.4. The topological polar surface area (TPSA) is 108 Å². The summed E-state index contributed by atoms with van der Waals surface area (Å²) in [6.45, 7) is 3.66. The van der Waals surface area contributed by atoms with Crippen molar-refractivity contribution in [3.05, 3.63) is 105 Å². The average Bonchev–Trinajstić information content (AvgIpc) is 3.22. The third-order valence-electron chi connectivity index (χ3n) is 8.06. The Balaban J connectivity index is 1.87. The second-order valence-corrected chi connectivity index (χ2v) is 12.1. The molecule has 0 saturated carbocycles. The molecule has 0 aromatic heterocycles. The number of benzene rings is 3. The molecule has 1 fully saturated rings. The van der Waals surface area contributed by atoms with Crippen molar-refractivity contribution in [3.63, 3.8) is 0 Å². The zero-order chi connectivity index (χ0) is 29.9.